The molecular formula is C14H19F2N3O. The highest BCUT2D eigenvalue weighted by Gasteiger charge is 2.24. The number of halogens is 2. The smallest absolute Gasteiger partial charge is 0.254 e. The van der Waals surface area contributed by atoms with Crippen LogP contribution in [0.4, 0.5) is 14.5 Å². The summed E-state index contributed by atoms with van der Waals surface area (Å²) in [5, 5.41) is 0. The third-order valence-electron chi connectivity index (χ3n) is 3.81. The second kappa shape index (κ2) is 6.17. The van der Waals surface area contributed by atoms with Gasteiger partial charge in [-0.05, 0) is 37.8 Å². The standard InChI is InChI=1S/C14H19F2N3O/c1-2-19(8-9-4-3-5-9)14(20)10-6-11(15)13(18-17)12(16)7-10/h6-7,9,18H,2-5,8,17H2,1H3. The molecule has 0 bridgehead atoms. The van der Waals surface area contributed by atoms with E-state index in [0.717, 1.165) is 25.0 Å². The van der Waals surface area contributed by atoms with Crippen molar-refractivity contribution in [2.75, 3.05) is 18.5 Å². The third-order valence-corrected chi connectivity index (χ3v) is 3.81. The lowest BCUT2D eigenvalue weighted by Crippen LogP contribution is -2.37. The van der Waals surface area contributed by atoms with E-state index in [4.69, 9.17) is 5.84 Å². The van der Waals surface area contributed by atoms with Crippen LogP contribution in [0.2, 0.25) is 0 Å². The van der Waals surface area contributed by atoms with E-state index < -0.39 is 17.3 Å². The lowest BCUT2D eigenvalue weighted by Gasteiger charge is -2.31. The molecule has 0 unspecified atom stereocenters. The first-order chi connectivity index (χ1) is 9.56. The van der Waals surface area contributed by atoms with Crippen LogP contribution in [0.25, 0.3) is 0 Å². The van der Waals surface area contributed by atoms with Gasteiger partial charge in [0.25, 0.3) is 5.91 Å². The number of hydrazine groups is 1. The van der Waals surface area contributed by atoms with Crippen LogP contribution >= 0.6 is 0 Å². The SMILES string of the molecule is CCN(CC1CCC1)C(=O)c1cc(F)c(NN)c(F)c1. The van der Waals surface area contributed by atoms with E-state index in [1.807, 2.05) is 12.3 Å². The molecule has 0 saturated heterocycles. The van der Waals surface area contributed by atoms with Crippen LogP contribution in [-0.4, -0.2) is 23.9 Å². The fourth-order valence-corrected chi connectivity index (χ4v) is 2.36. The molecular weight excluding hydrogens is 264 g/mol. The topological polar surface area (TPSA) is 58.4 Å². The Balaban J connectivity index is 2.18. The second-order valence-corrected chi connectivity index (χ2v) is 5.10. The van der Waals surface area contributed by atoms with Gasteiger partial charge in [0.15, 0.2) is 11.6 Å². The Labute approximate surface area is 116 Å². The number of nitrogens with zero attached hydrogens (tertiary/aromatic N) is 1. The number of hydrogen-bond donors (Lipinski definition) is 2. The van der Waals surface area contributed by atoms with Crippen LogP contribution in [0.3, 0.4) is 0 Å². The summed E-state index contributed by atoms with van der Waals surface area (Å²) in [5.74, 6) is 3.47. The molecule has 0 heterocycles. The lowest BCUT2D eigenvalue weighted by atomic mass is 9.85. The van der Waals surface area contributed by atoms with Crippen molar-refractivity contribution in [3.63, 3.8) is 0 Å². The molecule has 0 radical (unpaired) electrons. The minimum Gasteiger partial charge on any atom is -0.339 e. The maximum absolute atomic E-state index is 13.6. The highest BCUT2D eigenvalue weighted by atomic mass is 19.1. The van der Waals surface area contributed by atoms with E-state index in [1.165, 1.54) is 6.42 Å². The molecule has 2 rings (SSSR count). The minimum absolute atomic E-state index is 0.0140. The number of amides is 1. The summed E-state index contributed by atoms with van der Waals surface area (Å²) >= 11 is 0. The van der Waals surface area contributed by atoms with E-state index in [-0.39, 0.29) is 11.5 Å². The maximum atomic E-state index is 13.6. The molecule has 0 aliphatic heterocycles. The number of anilines is 1. The molecule has 6 heteroatoms. The quantitative estimate of drug-likeness (QED) is 0.645. The van der Waals surface area contributed by atoms with E-state index in [1.54, 1.807) is 4.90 Å². The van der Waals surface area contributed by atoms with Crippen molar-refractivity contribution in [1.82, 2.24) is 4.90 Å². The number of carbonyl (C=O) groups is 1. The summed E-state index contributed by atoms with van der Waals surface area (Å²) < 4.78 is 27.3. The van der Waals surface area contributed by atoms with Crippen LogP contribution in [-0.2, 0) is 0 Å². The van der Waals surface area contributed by atoms with Gasteiger partial charge in [0.05, 0.1) is 0 Å². The molecule has 1 saturated carbocycles. The highest BCUT2D eigenvalue weighted by Crippen LogP contribution is 2.28. The number of benzene rings is 1. The van der Waals surface area contributed by atoms with Crippen LogP contribution in [0.15, 0.2) is 12.1 Å². The number of carbonyl (C=O) groups excluding carboxylic acids is 1. The molecule has 1 amide bonds. The summed E-state index contributed by atoms with van der Waals surface area (Å²) in [7, 11) is 0. The molecule has 1 aliphatic rings. The van der Waals surface area contributed by atoms with Gasteiger partial charge in [0.1, 0.15) is 5.69 Å². The van der Waals surface area contributed by atoms with Gasteiger partial charge in [-0.1, -0.05) is 6.42 Å². The number of nitrogens with two attached hydrogens (primary N) is 1. The predicted octanol–water partition coefficient (Wildman–Crippen LogP) is 2.51. The first kappa shape index (κ1) is 14.7. The van der Waals surface area contributed by atoms with Crippen molar-refractivity contribution in [3.05, 3.63) is 29.3 Å². The van der Waals surface area contributed by atoms with Gasteiger partial charge in [0, 0.05) is 18.7 Å². The monoisotopic (exact) mass is 283 g/mol. The van der Waals surface area contributed by atoms with Gasteiger partial charge in [-0.2, -0.15) is 0 Å². The average Bonchev–Trinajstić information content (AvgIpc) is 2.36. The Bertz CT molecular complexity index is 480. The Hall–Kier alpha value is -1.69. The molecule has 4 nitrogen and oxygen atoms in total. The van der Waals surface area contributed by atoms with Gasteiger partial charge in [-0.3, -0.25) is 10.6 Å². The molecule has 3 N–H and O–H groups in total. The van der Waals surface area contributed by atoms with Gasteiger partial charge < -0.3 is 10.3 Å². The largest absolute Gasteiger partial charge is 0.339 e. The minimum atomic E-state index is -0.865. The summed E-state index contributed by atoms with van der Waals surface area (Å²) in [6.07, 6.45) is 3.42. The van der Waals surface area contributed by atoms with Crippen LogP contribution in [0, 0.1) is 17.6 Å². The molecule has 0 atom stereocenters. The Morgan fingerprint density at radius 2 is 2.00 bits per heavy atom. The van der Waals surface area contributed by atoms with E-state index in [2.05, 4.69) is 0 Å². The molecule has 1 aromatic rings. The number of hydrogen-bond acceptors (Lipinski definition) is 3. The first-order valence-electron chi connectivity index (χ1n) is 6.81. The van der Waals surface area contributed by atoms with Crippen molar-refractivity contribution in [1.29, 1.82) is 0 Å². The third kappa shape index (κ3) is 2.90. The summed E-state index contributed by atoms with van der Waals surface area (Å²) in [6, 6.07) is 2.04. The van der Waals surface area contributed by atoms with Crippen molar-refractivity contribution < 1.29 is 13.6 Å². The fraction of sp³-hybridized carbons (Fsp3) is 0.500. The first-order valence-corrected chi connectivity index (χ1v) is 6.81. The van der Waals surface area contributed by atoms with Crippen LogP contribution in [0.5, 0.6) is 0 Å². The zero-order valence-corrected chi connectivity index (χ0v) is 11.5. The molecule has 1 aliphatic carbocycles. The fourth-order valence-electron chi connectivity index (χ4n) is 2.36. The summed E-state index contributed by atoms with van der Waals surface area (Å²) in [5.41, 5.74) is 1.54. The number of nitrogens with one attached hydrogen (secondary N) is 1. The van der Waals surface area contributed by atoms with Gasteiger partial charge in [-0.25, -0.2) is 8.78 Å². The van der Waals surface area contributed by atoms with Crippen LogP contribution in [0.1, 0.15) is 36.5 Å². The van der Waals surface area contributed by atoms with Crippen molar-refractivity contribution in [3.8, 4) is 0 Å². The zero-order chi connectivity index (χ0) is 14.7. The number of nitrogen functional groups attached to an aromatic ring is 1. The molecule has 1 aromatic carbocycles. The zero-order valence-electron chi connectivity index (χ0n) is 11.5. The van der Waals surface area contributed by atoms with Gasteiger partial charge in [-0.15, -0.1) is 0 Å². The summed E-state index contributed by atoms with van der Waals surface area (Å²) in [6.45, 7) is 3.03. The maximum Gasteiger partial charge on any atom is 0.254 e. The molecule has 0 spiro atoms. The normalized spacial score (nSPS) is 14.8. The Morgan fingerprint density at radius 3 is 2.40 bits per heavy atom. The van der Waals surface area contributed by atoms with Gasteiger partial charge in [0.2, 0.25) is 0 Å². The average molecular weight is 283 g/mol. The van der Waals surface area contributed by atoms with Crippen molar-refractivity contribution >= 4 is 11.6 Å². The Morgan fingerprint density at radius 1 is 1.40 bits per heavy atom. The lowest BCUT2D eigenvalue weighted by molar-refractivity contribution is 0.0705. The second-order valence-electron chi connectivity index (χ2n) is 5.10. The molecule has 1 fully saturated rings. The van der Waals surface area contributed by atoms with E-state index in [9.17, 15) is 13.6 Å². The predicted molar refractivity (Wildman–Crippen MR) is 73.1 cm³/mol. The Kier molecular flexibility index (Phi) is 4.54. The van der Waals surface area contributed by atoms with Crippen molar-refractivity contribution in [2.45, 2.75) is 26.2 Å². The van der Waals surface area contributed by atoms with Gasteiger partial charge >= 0.3 is 0 Å². The molecule has 0 aromatic heterocycles. The molecule has 110 valence electrons. The highest BCUT2D eigenvalue weighted by molar-refractivity contribution is 5.94. The van der Waals surface area contributed by atoms with Crippen molar-refractivity contribution in [2.24, 2.45) is 11.8 Å². The number of rotatable bonds is 5. The molecule has 20 heavy (non-hydrogen) atoms. The van der Waals surface area contributed by atoms with E-state index >= 15 is 0 Å². The summed E-state index contributed by atoms with van der Waals surface area (Å²) in [4.78, 5) is 13.9. The van der Waals surface area contributed by atoms with Crippen LogP contribution < -0.4 is 11.3 Å². The van der Waals surface area contributed by atoms with E-state index in [0.29, 0.717) is 19.0 Å².